The monoisotopic (exact) mass is 437 g/mol. The second kappa shape index (κ2) is 9.64. The fourth-order valence-corrected chi connectivity index (χ4v) is 5.45. The van der Waals surface area contributed by atoms with Crippen LogP contribution in [0.3, 0.4) is 0 Å². The summed E-state index contributed by atoms with van der Waals surface area (Å²) in [4.78, 5) is 16.9. The van der Waals surface area contributed by atoms with Gasteiger partial charge in [0.2, 0.25) is 0 Å². The standard InChI is InChI=1S/C21H35N5O3S/c1-17-7-8-18(2)20(15-17)22-21(27)25-12-9-19(16-25)26(30(28,29)23(3)4)14-13-24-10-5-6-11-24/h7-8,15,19H,5-6,9-14,16H2,1-4H3,(H,22,27). The van der Waals surface area contributed by atoms with Crippen molar-refractivity contribution in [1.29, 1.82) is 0 Å². The van der Waals surface area contributed by atoms with Crippen molar-refractivity contribution in [3.8, 4) is 0 Å². The summed E-state index contributed by atoms with van der Waals surface area (Å²) >= 11 is 0. The van der Waals surface area contributed by atoms with Gasteiger partial charge in [-0.25, -0.2) is 4.79 Å². The number of nitrogens with one attached hydrogen (secondary N) is 1. The van der Waals surface area contributed by atoms with E-state index in [-0.39, 0.29) is 12.1 Å². The predicted molar refractivity (Wildman–Crippen MR) is 120 cm³/mol. The molecule has 2 amide bonds. The number of urea groups is 1. The maximum atomic E-state index is 13.0. The summed E-state index contributed by atoms with van der Waals surface area (Å²) < 4.78 is 28.8. The summed E-state index contributed by atoms with van der Waals surface area (Å²) in [6, 6.07) is 5.58. The zero-order chi connectivity index (χ0) is 21.9. The van der Waals surface area contributed by atoms with E-state index in [4.69, 9.17) is 0 Å². The van der Waals surface area contributed by atoms with Crippen molar-refractivity contribution in [1.82, 2.24) is 18.4 Å². The first-order valence-corrected chi connectivity index (χ1v) is 12.1. The van der Waals surface area contributed by atoms with Gasteiger partial charge < -0.3 is 15.1 Å². The molecule has 1 aromatic rings. The predicted octanol–water partition coefficient (Wildman–Crippen LogP) is 2.11. The van der Waals surface area contributed by atoms with Crippen LogP contribution < -0.4 is 5.32 Å². The molecule has 2 saturated heterocycles. The quantitative estimate of drug-likeness (QED) is 0.709. The number of carbonyl (C=O) groups excluding carboxylic acids is 1. The number of likely N-dealkylation sites (tertiary alicyclic amines) is 2. The van der Waals surface area contributed by atoms with Crippen molar-refractivity contribution >= 4 is 21.9 Å². The normalized spacial score (nSPS) is 20.5. The minimum atomic E-state index is -3.55. The second-order valence-corrected chi connectivity index (χ2v) is 10.7. The molecular formula is C21H35N5O3S. The van der Waals surface area contributed by atoms with Crippen LogP contribution in [0, 0.1) is 13.8 Å². The van der Waals surface area contributed by atoms with Gasteiger partial charge in [0.05, 0.1) is 0 Å². The summed E-state index contributed by atoms with van der Waals surface area (Å²) in [6.45, 7) is 8.16. The van der Waals surface area contributed by atoms with Crippen LogP contribution in [0.25, 0.3) is 0 Å². The van der Waals surface area contributed by atoms with Crippen LogP contribution in [0.4, 0.5) is 10.5 Å². The molecule has 0 aromatic heterocycles. The lowest BCUT2D eigenvalue weighted by molar-refractivity contribution is 0.214. The molecule has 2 aliphatic heterocycles. The molecule has 0 saturated carbocycles. The van der Waals surface area contributed by atoms with Gasteiger partial charge in [-0.2, -0.15) is 17.0 Å². The summed E-state index contributed by atoms with van der Waals surface area (Å²) in [5, 5.41) is 2.99. The van der Waals surface area contributed by atoms with E-state index in [0.29, 0.717) is 26.1 Å². The van der Waals surface area contributed by atoms with E-state index < -0.39 is 10.2 Å². The van der Waals surface area contributed by atoms with Gasteiger partial charge >= 0.3 is 6.03 Å². The van der Waals surface area contributed by atoms with Crippen molar-refractivity contribution in [2.75, 3.05) is 58.7 Å². The van der Waals surface area contributed by atoms with E-state index in [1.54, 1.807) is 23.3 Å². The van der Waals surface area contributed by atoms with E-state index in [1.165, 1.54) is 17.1 Å². The third-order valence-corrected chi connectivity index (χ3v) is 8.08. The molecule has 9 heteroatoms. The molecule has 1 unspecified atom stereocenters. The number of hydrogen-bond donors (Lipinski definition) is 1. The highest BCUT2D eigenvalue weighted by Gasteiger charge is 2.37. The highest BCUT2D eigenvalue weighted by Crippen LogP contribution is 2.23. The van der Waals surface area contributed by atoms with E-state index in [2.05, 4.69) is 10.2 Å². The molecule has 8 nitrogen and oxygen atoms in total. The smallest absolute Gasteiger partial charge is 0.321 e. The molecule has 0 spiro atoms. The second-order valence-electron chi connectivity index (χ2n) is 8.59. The Kier molecular flexibility index (Phi) is 7.38. The van der Waals surface area contributed by atoms with Gasteiger partial charge in [0.15, 0.2) is 0 Å². The van der Waals surface area contributed by atoms with E-state index >= 15 is 0 Å². The summed E-state index contributed by atoms with van der Waals surface area (Å²) in [5.74, 6) is 0. The van der Waals surface area contributed by atoms with Gasteiger partial charge in [0, 0.05) is 52.0 Å². The molecule has 2 aliphatic rings. The highest BCUT2D eigenvalue weighted by atomic mass is 32.2. The van der Waals surface area contributed by atoms with Gasteiger partial charge in [-0.05, 0) is 63.4 Å². The Bertz CT molecular complexity index is 852. The summed E-state index contributed by atoms with van der Waals surface area (Å²) in [7, 11) is -0.418. The van der Waals surface area contributed by atoms with Crippen LogP contribution in [0.5, 0.6) is 0 Å². The molecule has 2 heterocycles. The molecule has 168 valence electrons. The molecule has 3 rings (SSSR count). The number of hydrogen-bond acceptors (Lipinski definition) is 4. The molecule has 0 bridgehead atoms. The zero-order valence-electron chi connectivity index (χ0n) is 18.6. The molecule has 2 fully saturated rings. The number of anilines is 1. The Hall–Kier alpha value is -1.68. The van der Waals surface area contributed by atoms with Crippen molar-refractivity contribution in [3.05, 3.63) is 29.3 Å². The highest BCUT2D eigenvalue weighted by molar-refractivity contribution is 7.86. The van der Waals surface area contributed by atoms with Crippen molar-refractivity contribution in [2.24, 2.45) is 0 Å². The van der Waals surface area contributed by atoms with Gasteiger partial charge in [0.25, 0.3) is 10.2 Å². The average Bonchev–Trinajstić information content (AvgIpc) is 3.37. The van der Waals surface area contributed by atoms with Gasteiger partial charge in [-0.15, -0.1) is 0 Å². The van der Waals surface area contributed by atoms with Crippen molar-refractivity contribution in [3.63, 3.8) is 0 Å². The number of carbonyl (C=O) groups is 1. The maximum Gasteiger partial charge on any atom is 0.321 e. The molecule has 30 heavy (non-hydrogen) atoms. The number of nitrogens with zero attached hydrogens (tertiary/aromatic N) is 4. The zero-order valence-corrected chi connectivity index (χ0v) is 19.4. The number of amides is 2. The van der Waals surface area contributed by atoms with Crippen LogP contribution in [0.2, 0.25) is 0 Å². The van der Waals surface area contributed by atoms with E-state index in [0.717, 1.165) is 36.4 Å². The van der Waals surface area contributed by atoms with Crippen LogP contribution in [-0.4, -0.2) is 92.3 Å². The van der Waals surface area contributed by atoms with Crippen LogP contribution in [0.15, 0.2) is 18.2 Å². The summed E-state index contributed by atoms with van der Waals surface area (Å²) in [6.07, 6.45) is 3.00. The maximum absolute atomic E-state index is 13.0. The average molecular weight is 438 g/mol. The minimum Gasteiger partial charge on any atom is -0.323 e. The van der Waals surface area contributed by atoms with Gasteiger partial charge in [-0.1, -0.05) is 12.1 Å². The fraction of sp³-hybridized carbons (Fsp3) is 0.667. The molecule has 1 N–H and O–H groups in total. The van der Waals surface area contributed by atoms with Gasteiger partial charge in [0.1, 0.15) is 0 Å². The number of benzene rings is 1. The number of aryl methyl sites for hydroxylation is 2. The van der Waals surface area contributed by atoms with Crippen molar-refractivity contribution in [2.45, 2.75) is 39.2 Å². The third kappa shape index (κ3) is 5.32. The first-order chi connectivity index (χ1) is 14.2. The molecule has 1 atom stereocenters. The largest absolute Gasteiger partial charge is 0.323 e. The van der Waals surface area contributed by atoms with Crippen LogP contribution in [-0.2, 0) is 10.2 Å². The van der Waals surface area contributed by atoms with E-state index in [1.807, 2.05) is 32.0 Å². The Morgan fingerprint density at radius 1 is 1.17 bits per heavy atom. The fourth-order valence-electron chi connectivity index (χ4n) is 4.17. The Morgan fingerprint density at radius 3 is 2.53 bits per heavy atom. The Labute approximate surface area is 181 Å². The Balaban J connectivity index is 1.67. The number of rotatable bonds is 7. The lowest BCUT2D eigenvalue weighted by Gasteiger charge is -2.32. The summed E-state index contributed by atoms with van der Waals surface area (Å²) in [5.41, 5.74) is 2.89. The minimum absolute atomic E-state index is 0.173. The van der Waals surface area contributed by atoms with Crippen LogP contribution >= 0.6 is 0 Å². The van der Waals surface area contributed by atoms with E-state index in [9.17, 15) is 13.2 Å². The topological polar surface area (TPSA) is 76.2 Å². The molecular weight excluding hydrogens is 402 g/mol. The Morgan fingerprint density at radius 2 is 1.87 bits per heavy atom. The van der Waals surface area contributed by atoms with Crippen molar-refractivity contribution < 1.29 is 13.2 Å². The van der Waals surface area contributed by atoms with Gasteiger partial charge in [-0.3, -0.25) is 0 Å². The first-order valence-electron chi connectivity index (χ1n) is 10.7. The molecule has 0 radical (unpaired) electrons. The SMILES string of the molecule is Cc1ccc(C)c(NC(=O)N2CCC(N(CCN3CCCC3)S(=O)(=O)N(C)C)C2)c1. The third-order valence-electron chi connectivity index (χ3n) is 6.09. The first kappa shape index (κ1) is 23.0. The molecule has 1 aromatic carbocycles. The lowest BCUT2D eigenvalue weighted by Crippen LogP contribution is -2.50. The lowest BCUT2D eigenvalue weighted by atomic mass is 10.1. The molecule has 0 aliphatic carbocycles. The van der Waals surface area contributed by atoms with Crippen LogP contribution in [0.1, 0.15) is 30.4 Å².